The van der Waals surface area contributed by atoms with Crippen LogP contribution in [0.3, 0.4) is 0 Å². The van der Waals surface area contributed by atoms with E-state index in [0.717, 1.165) is 12.8 Å². The molecule has 1 fully saturated rings. The summed E-state index contributed by atoms with van der Waals surface area (Å²) < 4.78 is 5.55. The van der Waals surface area contributed by atoms with E-state index in [0.29, 0.717) is 24.2 Å². The smallest absolute Gasteiger partial charge is 0.328 e. The Hall–Kier alpha value is -0.650. The normalized spacial score (nSPS) is 29.6. The van der Waals surface area contributed by atoms with Crippen molar-refractivity contribution in [1.29, 1.82) is 0 Å². The SMILES string of the molecule is CCC(C(=O)OC1CC(C)CCC1C(C)C)N(O)O. The zero-order valence-electron chi connectivity index (χ0n) is 12.4. The van der Waals surface area contributed by atoms with E-state index in [9.17, 15) is 4.79 Å². The van der Waals surface area contributed by atoms with Gasteiger partial charge in [-0.05, 0) is 37.0 Å². The average molecular weight is 273 g/mol. The predicted molar refractivity (Wildman–Crippen MR) is 70.7 cm³/mol. The molecule has 1 saturated carbocycles. The van der Waals surface area contributed by atoms with Gasteiger partial charge in [0.2, 0.25) is 0 Å². The summed E-state index contributed by atoms with van der Waals surface area (Å²) in [5.41, 5.74) is 0. The van der Waals surface area contributed by atoms with Crippen molar-refractivity contribution >= 4 is 5.97 Å². The van der Waals surface area contributed by atoms with Gasteiger partial charge in [-0.25, -0.2) is 0 Å². The summed E-state index contributed by atoms with van der Waals surface area (Å²) in [6.07, 6.45) is 3.29. The van der Waals surface area contributed by atoms with Crippen LogP contribution < -0.4 is 0 Å². The van der Waals surface area contributed by atoms with Crippen molar-refractivity contribution in [3.8, 4) is 0 Å². The first kappa shape index (κ1) is 16.4. The molecule has 0 amide bonds. The van der Waals surface area contributed by atoms with Crippen molar-refractivity contribution in [1.82, 2.24) is 5.23 Å². The van der Waals surface area contributed by atoms with Crippen molar-refractivity contribution in [2.75, 3.05) is 0 Å². The number of nitrogens with zero attached hydrogens (tertiary/aromatic N) is 1. The van der Waals surface area contributed by atoms with Gasteiger partial charge < -0.3 is 4.74 Å². The second-order valence-electron chi connectivity index (χ2n) is 6.05. The molecule has 0 spiro atoms. The van der Waals surface area contributed by atoms with Crippen molar-refractivity contribution in [2.24, 2.45) is 17.8 Å². The van der Waals surface area contributed by atoms with E-state index in [-0.39, 0.29) is 11.3 Å². The lowest BCUT2D eigenvalue weighted by molar-refractivity contribution is -0.329. The highest BCUT2D eigenvalue weighted by molar-refractivity contribution is 5.75. The minimum absolute atomic E-state index is 0.0427. The maximum absolute atomic E-state index is 12.0. The number of hydroxylamine groups is 2. The summed E-state index contributed by atoms with van der Waals surface area (Å²) in [4.78, 5) is 12.0. The fourth-order valence-electron chi connectivity index (χ4n) is 2.90. The number of carbonyl (C=O) groups excluding carboxylic acids is 1. The number of carbonyl (C=O) groups is 1. The maximum atomic E-state index is 12.0. The van der Waals surface area contributed by atoms with Crippen LogP contribution in [0.25, 0.3) is 0 Å². The third-order valence-corrected chi connectivity index (χ3v) is 4.17. The molecule has 112 valence electrons. The van der Waals surface area contributed by atoms with Gasteiger partial charge in [0.1, 0.15) is 6.10 Å². The molecular formula is C14H27NO4. The molecule has 5 heteroatoms. The molecule has 1 rings (SSSR count). The lowest BCUT2D eigenvalue weighted by atomic mass is 9.75. The van der Waals surface area contributed by atoms with Crippen LogP contribution in [0.1, 0.15) is 53.4 Å². The molecule has 2 N–H and O–H groups in total. The van der Waals surface area contributed by atoms with Gasteiger partial charge in [-0.15, -0.1) is 0 Å². The molecule has 0 aliphatic heterocycles. The van der Waals surface area contributed by atoms with Crippen LogP contribution in [0.15, 0.2) is 0 Å². The molecule has 0 saturated heterocycles. The molecule has 0 aromatic heterocycles. The Morgan fingerprint density at radius 2 is 2.00 bits per heavy atom. The van der Waals surface area contributed by atoms with E-state index < -0.39 is 12.0 Å². The van der Waals surface area contributed by atoms with Gasteiger partial charge in [-0.1, -0.05) is 39.3 Å². The molecule has 1 aliphatic carbocycles. The lowest BCUT2D eigenvalue weighted by Gasteiger charge is -2.37. The van der Waals surface area contributed by atoms with Crippen molar-refractivity contribution in [3.63, 3.8) is 0 Å². The summed E-state index contributed by atoms with van der Waals surface area (Å²) in [5.74, 6) is 0.831. The second-order valence-corrected chi connectivity index (χ2v) is 6.05. The Balaban J connectivity index is 2.67. The third-order valence-electron chi connectivity index (χ3n) is 4.17. The Labute approximate surface area is 115 Å². The van der Waals surface area contributed by atoms with E-state index in [4.69, 9.17) is 15.2 Å². The minimum Gasteiger partial charge on any atom is -0.461 e. The van der Waals surface area contributed by atoms with E-state index in [1.54, 1.807) is 6.92 Å². The average Bonchev–Trinajstić information content (AvgIpc) is 2.28. The Morgan fingerprint density at radius 1 is 1.37 bits per heavy atom. The first-order chi connectivity index (χ1) is 8.86. The second kappa shape index (κ2) is 7.22. The first-order valence-electron chi connectivity index (χ1n) is 7.24. The number of esters is 1. The summed E-state index contributed by atoms with van der Waals surface area (Å²) in [7, 11) is 0. The topological polar surface area (TPSA) is 70.0 Å². The zero-order valence-corrected chi connectivity index (χ0v) is 12.4. The lowest BCUT2D eigenvalue weighted by Crippen LogP contribution is -2.43. The molecule has 4 atom stereocenters. The Kier molecular flexibility index (Phi) is 6.23. The molecule has 4 unspecified atom stereocenters. The molecule has 1 aliphatic rings. The van der Waals surface area contributed by atoms with Gasteiger partial charge in [0.25, 0.3) is 0 Å². The molecular weight excluding hydrogens is 246 g/mol. The largest absolute Gasteiger partial charge is 0.461 e. The highest BCUT2D eigenvalue weighted by atomic mass is 16.8. The van der Waals surface area contributed by atoms with Crippen LogP contribution in [0.5, 0.6) is 0 Å². The number of rotatable bonds is 5. The molecule has 0 heterocycles. The Bertz CT molecular complexity index is 293. The maximum Gasteiger partial charge on any atom is 0.328 e. The van der Waals surface area contributed by atoms with Gasteiger partial charge in [-0.2, -0.15) is 0 Å². The highest BCUT2D eigenvalue weighted by Gasteiger charge is 2.35. The fourth-order valence-corrected chi connectivity index (χ4v) is 2.90. The van der Waals surface area contributed by atoms with Crippen molar-refractivity contribution in [3.05, 3.63) is 0 Å². The molecule has 19 heavy (non-hydrogen) atoms. The van der Waals surface area contributed by atoms with Crippen LogP contribution in [0.4, 0.5) is 0 Å². The molecule has 0 radical (unpaired) electrons. The summed E-state index contributed by atoms with van der Waals surface area (Å²) in [6, 6.07) is -0.995. The fraction of sp³-hybridized carbons (Fsp3) is 0.929. The van der Waals surface area contributed by atoms with E-state index in [1.807, 2.05) is 0 Å². The molecule has 0 bridgehead atoms. The van der Waals surface area contributed by atoms with Gasteiger partial charge in [-0.3, -0.25) is 15.2 Å². The number of hydrogen-bond donors (Lipinski definition) is 2. The first-order valence-corrected chi connectivity index (χ1v) is 7.24. The van der Waals surface area contributed by atoms with Gasteiger partial charge in [0.05, 0.1) is 0 Å². The van der Waals surface area contributed by atoms with Crippen LogP contribution in [0, 0.1) is 17.8 Å². The van der Waals surface area contributed by atoms with E-state index in [2.05, 4.69) is 20.8 Å². The molecule has 0 aromatic carbocycles. The molecule has 0 aromatic rings. The van der Waals surface area contributed by atoms with Crippen molar-refractivity contribution < 1.29 is 19.9 Å². The van der Waals surface area contributed by atoms with Crippen LogP contribution >= 0.6 is 0 Å². The van der Waals surface area contributed by atoms with Crippen LogP contribution in [0.2, 0.25) is 0 Å². The Morgan fingerprint density at radius 3 is 2.47 bits per heavy atom. The van der Waals surface area contributed by atoms with Gasteiger partial charge in [0, 0.05) is 0 Å². The van der Waals surface area contributed by atoms with Crippen LogP contribution in [-0.2, 0) is 9.53 Å². The van der Waals surface area contributed by atoms with Crippen molar-refractivity contribution in [2.45, 2.75) is 65.5 Å². The van der Waals surface area contributed by atoms with E-state index >= 15 is 0 Å². The quantitative estimate of drug-likeness (QED) is 0.595. The summed E-state index contributed by atoms with van der Waals surface area (Å²) in [5, 5.41) is 18.0. The number of hydrogen-bond acceptors (Lipinski definition) is 5. The standard InChI is InChI=1S/C14H27NO4/c1-5-12(15(17)18)14(16)19-13-8-10(4)6-7-11(13)9(2)3/h9-13,17-18H,5-8H2,1-4H3. The highest BCUT2D eigenvalue weighted by Crippen LogP contribution is 2.35. The van der Waals surface area contributed by atoms with E-state index in [1.165, 1.54) is 6.42 Å². The predicted octanol–water partition coefficient (Wildman–Crippen LogP) is 2.85. The molecule has 5 nitrogen and oxygen atoms in total. The summed E-state index contributed by atoms with van der Waals surface area (Å²) in [6.45, 7) is 8.17. The summed E-state index contributed by atoms with van der Waals surface area (Å²) >= 11 is 0. The monoisotopic (exact) mass is 273 g/mol. The zero-order chi connectivity index (χ0) is 14.6. The van der Waals surface area contributed by atoms with Crippen LogP contribution in [-0.4, -0.2) is 33.8 Å². The number of ether oxygens (including phenoxy) is 1. The van der Waals surface area contributed by atoms with Gasteiger partial charge in [0.15, 0.2) is 6.04 Å². The minimum atomic E-state index is -0.995. The third kappa shape index (κ3) is 4.44. The van der Waals surface area contributed by atoms with Gasteiger partial charge >= 0.3 is 5.97 Å².